The lowest BCUT2D eigenvalue weighted by Crippen LogP contribution is -2.08. The molecule has 0 amide bonds. The van der Waals surface area contributed by atoms with Crippen molar-refractivity contribution >= 4 is 39.4 Å². The van der Waals surface area contributed by atoms with Gasteiger partial charge >= 0.3 is 17.9 Å². The second-order valence-corrected chi connectivity index (χ2v) is 8.62. The molecule has 1 aromatic carbocycles. The summed E-state index contributed by atoms with van der Waals surface area (Å²) in [6.07, 6.45) is 6.54. The summed E-state index contributed by atoms with van der Waals surface area (Å²) < 4.78 is 12.1. The Balaban J connectivity index is 1.82. The Morgan fingerprint density at radius 1 is 1.08 bits per heavy atom. The van der Waals surface area contributed by atoms with Crippen LogP contribution in [0.4, 0.5) is 0 Å². The van der Waals surface area contributed by atoms with E-state index in [9.17, 15) is 19.5 Å². The van der Waals surface area contributed by atoms with Gasteiger partial charge in [-0.15, -0.1) is 0 Å². The number of pyridine rings is 2. The molecular weight excluding hydrogens is 532 g/mol. The van der Waals surface area contributed by atoms with Crippen LogP contribution in [-0.4, -0.2) is 44.7 Å². The largest absolute Gasteiger partial charge is 0.492 e. The lowest BCUT2D eigenvalue weighted by molar-refractivity contribution is -0.133. The summed E-state index contributed by atoms with van der Waals surface area (Å²) in [7, 11) is 0. The number of hydrogen-bond acceptors (Lipinski definition) is 7. The van der Waals surface area contributed by atoms with E-state index in [-0.39, 0.29) is 12.2 Å². The molecule has 2 heterocycles. The van der Waals surface area contributed by atoms with Gasteiger partial charge in [0.1, 0.15) is 5.75 Å². The van der Waals surface area contributed by atoms with Gasteiger partial charge in [0.25, 0.3) is 0 Å². The van der Waals surface area contributed by atoms with Gasteiger partial charge in [-0.05, 0) is 48.2 Å². The minimum absolute atomic E-state index is 0.115. The van der Waals surface area contributed by atoms with Crippen molar-refractivity contribution in [3.63, 3.8) is 0 Å². The van der Waals surface area contributed by atoms with Crippen LogP contribution >= 0.6 is 15.9 Å². The molecule has 0 atom stereocenters. The smallest absolute Gasteiger partial charge is 0.336 e. The molecule has 0 spiro atoms. The van der Waals surface area contributed by atoms with E-state index in [4.69, 9.17) is 14.6 Å². The van der Waals surface area contributed by atoms with Crippen LogP contribution in [0.25, 0.3) is 5.57 Å². The molecule has 0 radical (unpaired) electrons. The SMILES string of the molecule is CC(=O)Oc1cnccc1CCCOc1cc(C(=CC(=O)O)C(=O)O)cnc1Cc1cccc(Br)c1. The molecule has 0 bridgehead atoms. The first kappa shape index (κ1) is 26.6. The highest BCUT2D eigenvalue weighted by atomic mass is 79.9. The van der Waals surface area contributed by atoms with Crippen LogP contribution in [0, 0.1) is 0 Å². The van der Waals surface area contributed by atoms with Gasteiger partial charge in [-0.3, -0.25) is 14.8 Å². The van der Waals surface area contributed by atoms with E-state index in [1.807, 2.05) is 24.3 Å². The number of benzene rings is 1. The van der Waals surface area contributed by atoms with Crippen molar-refractivity contribution in [3.05, 3.63) is 87.9 Å². The normalized spacial score (nSPS) is 11.1. The van der Waals surface area contributed by atoms with E-state index >= 15 is 0 Å². The van der Waals surface area contributed by atoms with Gasteiger partial charge in [0, 0.05) is 41.9 Å². The number of halogens is 1. The number of nitrogens with zero attached hydrogens (tertiary/aromatic N) is 2. The summed E-state index contributed by atoms with van der Waals surface area (Å²) in [6, 6.07) is 10.9. The number of aliphatic carboxylic acids is 2. The van der Waals surface area contributed by atoms with E-state index in [0.29, 0.717) is 42.5 Å². The zero-order valence-electron chi connectivity index (χ0n) is 19.3. The van der Waals surface area contributed by atoms with Crippen molar-refractivity contribution in [1.29, 1.82) is 0 Å². The van der Waals surface area contributed by atoms with Gasteiger partial charge in [-0.2, -0.15) is 0 Å². The molecule has 0 aliphatic rings. The predicted octanol–water partition coefficient (Wildman–Crippen LogP) is 4.32. The van der Waals surface area contributed by atoms with Crippen molar-refractivity contribution in [3.8, 4) is 11.5 Å². The molecule has 3 aromatic rings. The average Bonchev–Trinajstić information content (AvgIpc) is 2.81. The van der Waals surface area contributed by atoms with Crippen molar-refractivity contribution in [2.45, 2.75) is 26.2 Å². The second kappa shape index (κ2) is 12.6. The molecule has 0 aliphatic heterocycles. The number of hydrogen-bond donors (Lipinski definition) is 2. The van der Waals surface area contributed by atoms with E-state index in [1.54, 1.807) is 12.3 Å². The Labute approximate surface area is 215 Å². The number of aromatic nitrogens is 2. The average molecular weight is 555 g/mol. The lowest BCUT2D eigenvalue weighted by Gasteiger charge is -2.14. The zero-order chi connectivity index (χ0) is 26.1. The Kier molecular flexibility index (Phi) is 9.29. The lowest BCUT2D eigenvalue weighted by atomic mass is 10.0. The third kappa shape index (κ3) is 7.74. The maximum Gasteiger partial charge on any atom is 0.336 e. The molecule has 0 unspecified atom stereocenters. The number of esters is 1. The second-order valence-electron chi connectivity index (χ2n) is 7.71. The minimum atomic E-state index is -1.39. The number of ether oxygens (including phenoxy) is 2. The maximum atomic E-state index is 11.6. The monoisotopic (exact) mass is 554 g/mol. The first-order chi connectivity index (χ1) is 17.2. The molecule has 10 heteroatoms. The quantitative estimate of drug-likeness (QED) is 0.201. The van der Waals surface area contributed by atoms with Crippen molar-refractivity contribution in [2.75, 3.05) is 6.61 Å². The number of carbonyl (C=O) groups excluding carboxylic acids is 1. The summed E-state index contributed by atoms with van der Waals surface area (Å²) >= 11 is 3.44. The molecule has 2 N–H and O–H groups in total. The van der Waals surface area contributed by atoms with Gasteiger partial charge < -0.3 is 19.7 Å². The predicted molar refractivity (Wildman–Crippen MR) is 134 cm³/mol. The summed E-state index contributed by atoms with van der Waals surface area (Å²) in [5.41, 5.74) is 2.03. The van der Waals surface area contributed by atoms with E-state index in [0.717, 1.165) is 15.6 Å². The molecule has 36 heavy (non-hydrogen) atoms. The van der Waals surface area contributed by atoms with Crippen molar-refractivity contribution in [1.82, 2.24) is 9.97 Å². The van der Waals surface area contributed by atoms with Crippen LogP contribution < -0.4 is 9.47 Å². The fourth-order valence-electron chi connectivity index (χ4n) is 3.42. The first-order valence-corrected chi connectivity index (χ1v) is 11.7. The van der Waals surface area contributed by atoms with Crippen molar-refractivity contribution < 1.29 is 34.1 Å². The van der Waals surface area contributed by atoms with Crippen LogP contribution in [0.3, 0.4) is 0 Å². The molecule has 0 saturated carbocycles. The Bertz CT molecular complexity index is 1310. The fourth-order valence-corrected chi connectivity index (χ4v) is 3.86. The Morgan fingerprint density at radius 3 is 2.58 bits per heavy atom. The van der Waals surface area contributed by atoms with E-state index in [1.165, 1.54) is 25.4 Å². The van der Waals surface area contributed by atoms with E-state index in [2.05, 4.69) is 25.9 Å². The van der Waals surface area contributed by atoms with Crippen LogP contribution in [0.5, 0.6) is 11.5 Å². The topological polar surface area (TPSA) is 136 Å². The minimum Gasteiger partial charge on any atom is -0.492 e. The molecule has 0 saturated heterocycles. The fraction of sp³-hybridized carbons (Fsp3) is 0.192. The van der Waals surface area contributed by atoms with Crippen LogP contribution in [0.15, 0.2) is 65.5 Å². The number of carboxylic acid groups (broad SMARTS) is 2. The first-order valence-electron chi connectivity index (χ1n) is 10.9. The number of aryl methyl sites for hydroxylation is 1. The summed E-state index contributed by atoms with van der Waals surface area (Å²) in [5.74, 6) is -2.48. The molecular formula is C26H23BrN2O7. The maximum absolute atomic E-state index is 11.6. The van der Waals surface area contributed by atoms with Gasteiger partial charge in [0.05, 0.1) is 24.1 Å². The Morgan fingerprint density at radius 2 is 1.89 bits per heavy atom. The number of rotatable bonds is 11. The standard InChI is InChI=1S/C26H23BrN2O7/c1-16(30)36-24-15-28-8-7-18(24)5-3-9-35-23-12-19(21(26(33)34)13-25(31)32)14-29-22(23)11-17-4-2-6-20(27)10-17/h2,4,6-8,10,12-15H,3,5,9,11H2,1H3,(H,31,32)(H,33,34). The van der Waals surface area contributed by atoms with Crippen molar-refractivity contribution in [2.24, 2.45) is 0 Å². The van der Waals surface area contributed by atoms with Gasteiger partial charge in [0.2, 0.25) is 0 Å². The molecule has 3 rings (SSSR count). The third-order valence-electron chi connectivity index (χ3n) is 4.97. The summed E-state index contributed by atoms with van der Waals surface area (Å²) in [4.78, 5) is 42.5. The summed E-state index contributed by atoms with van der Waals surface area (Å²) in [5, 5.41) is 18.5. The molecule has 0 fully saturated rings. The zero-order valence-corrected chi connectivity index (χ0v) is 20.9. The Hall–Kier alpha value is -4.05. The van der Waals surface area contributed by atoms with Crippen LogP contribution in [-0.2, 0) is 27.2 Å². The molecule has 2 aromatic heterocycles. The number of carboxylic acids is 2. The highest BCUT2D eigenvalue weighted by Gasteiger charge is 2.17. The molecule has 0 aliphatic carbocycles. The van der Waals surface area contributed by atoms with Crippen LogP contribution in [0.2, 0.25) is 0 Å². The highest BCUT2D eigenvalue weighted by Crippen LogP contribution is 2.27. The molecule has 186 valence electrons. The van der Waals surface area contributed by atoms with Gasteiger partial charge in [0.15, 0.2) is 5.75 Å². The van der Waals surface area contributed by atoms with Gasteiger partial charge in [-0.25, -0.2) is 9.59 Å². The van der Waals surface area contributed by atoms with E-state index < -0.39 is 23.5 Å². The third-order valence-corrected chi connectivity index (χ3v) is 5.47. The summed E-state index contributed by atoms with van der Waals surface area (Å²) in [6.45, 7) is 1.57. The highest BCUT2D eigenvalue weighted by molar-refractivity contribution is 9.10. The number of carbonyl (C=O) groups is 3. The van der Waals surface area contributed by atoms with Gasteiger partial charge in [-0.1, -0.05) is 28.1 Å². The molecule has 9 nitrogen and oxygen atoms in total. The van der Waals surface area contributed by atoms with Crippen LogP contribution in [0.1, 0.15) is 35.7 Å².